The molecule has 160 valence electrons. The maximum Gasteiger partial charge on any atom is 0.341 e. The largest absolute Gasteiger partial charge is 0.462 e. The fourth-order valence-electron chi connectivity index (χ4n) is 2.83. The third kappa shape index (κ3) is 5.30. The van der Waals surface area contributed by atoms with Gasteiger partial charge in [0.05, 0.1) is 17.9 Å². The van der Waals surface area contributed by atoms with Gasteiger partial charge in [0.2, 0.25) is 5.91 Å². The van der Waals surface area contributed by atoms with Gasteiger partial charge in [0, 0.05) is 27.7 Å². The van der Waals surface area contributed by atoms with Crippen LogP contribution < -0.4 is 5.32 Å². The first kappa shape index (κ1) is 22.5. The molecule has 0 aliphatic rings. The molecular weight excluding hydrogens is 440 g/mol. The van der Waals surface area contributed by atoms with E-state index in [1.807, 2.05) is 18.5 Å². The van der Waals surface area contributed by atoms with Crippen LogP contribution in [0.1, 0.15) is 40.4 Å². The van der Waals surface area contributed by atoms with Crippen molar-refractivity contribution in [2.75, 3.05) is 17.7 Å². The first-order valence-corrected chi connectivity index (χ1v) is 12.3. The average molecular weight is 465 g/mol. The Morgan fingerprint density at radius 3 is 2.80 bits per heavy atom. The van der Waals surface area contributed by atoms with E-state index in [9.17, 15) is 9.59 Å². The maximum absolute atomic E-state index is 12.5. The highest BCUT2D eigenvalue weighted by Gasteiger charge is 2.19. The van der Waals surface area contributed by atoms with Crippen LogP contribution in [0, 0.1) is 6.92 Å². The summed E-state index contributed by atoms with van der Waals surface area (Å²) in [6.45, 7) is 6.08. The Hall–Kier alpha value is -2.17. The molecule has 1 N–H and O–H groups in total. The number of hydrogen-bond donors (Lipinski definition) is 1. The van der Waals surface area contributed by atoms with Crippen molar-refractivity contribution in [2.45, 2.75) is 38.8 Å². The molecule has 0 fully saturated rings. The number of thiophene rings is 2. The zero-order chi connectivity index (χ0) is 21.7. The summed E-state index contributed by atoms with van der Waals surface area (Å²) in [7, 11) is 1.90. The number of thioether (sulfide) groups is 1. The van der Waals surface area contributed by atoms with Crippen LogP contribution in [0.15, 0.2) is 22.7 Å². The number of ether oxygens (including phenoxy) is 1. The quantitative estimate of drug-likeness (QED) is 0.362. The van der Waals surface area contributed by atoms with E-state index in [-0.39, 0.29) is 18.3 Å². The van der Waals surface area contributed by atoms with Crippen LogP contribution in [-0.2, 0) is 23.0 Å². The molecule has 0 bridgehead atoms. The third-order valence-corrected chi connectivity index (χ3v) is 7.16. The van der Waals surface area contributed by atoms with Crippen LogP contribution >= 0.6 is 34.4 Å². The zero-order valence-electron chi connectivity index (χ0n) is 17.4. The molecule has 3 heterocycles. The molecule has 10 heteroatoms. The molecule has 3 aromatic heterocycles. The van der Waals surface area contributed by atoms with Gasteiger partial charge < -0.3 is 14.6 Å². The molecule has 0 atom stereocenters. The van der Waals surface area contributed by atoms with Crippen molar-refractivity contribution in [3.05, 3.63) is 32.8 Å². The lowest BCUT2D eigenvalue weighted by atomic mass is 10.2. The van der Waals surface area contributed by atoms with Crippen molar-refractivity contribution in [3.8, 4) is 11.4 Å². The SMILES string of the molecule is CCCc1cc(-c2nnc(SCC(=O)Nc3sc(C)cc3C(=O)OCC)n2C)cs1. The van der Waals surface area contributed by atoms with E-state index >= 15 is 0 Å². The van der Waals surface area contributed by atoms with Gasteiger partial charge in [-0.2, -0.15) is 0 Å². The molecule has 0 aliphatic carbocycles. The van der Waals surface area contributed by atoms with Gasteiger partial charge in [-0.15, -0.1) is 32.9 Å². The number of anilines is 1. The molecule has 1 amide bonds. The number of nitrogens with zero attached hydrogens (tertiary/aromatic N) is 3. The lowest BCUT2D eigenvalue weighted by Crippen LogP contribution is -2.16. The van der Waals surface area contributed by atoms with Crippen LogP contribution in [0.2, 0.25) is 0 Å². The van der Waals surface area contributed by atoms with Gasteiger partial charge in [0.25, 0.3) is 0 Å². The van der Waals surface area contributed by atoms with Crippen molar-refractivity contribution in [2.24, 2.45) is 7.05 Å². The molecule has 0 aromatic carbocycles. The summed E-state index contributed by atoms with van der Waals surface area (Å²) in [5.74, 6) is 0.310. The predicted molar refractivity (Wildman–Crippen MR) is 123 cm³/mol. The molecule has 7 nitrogen and oxygen atoms in total. The topological polar surface area (TPSA) is 86.1 Å². The second-order valence-electron chi connectivity index (χ2n) is 6.57. The molecule has 3 aromatic rings. The van der Waals surface area contributed by atoms with Gasteiger partial charge >= 0.3 is 5.97 Å². The zero-order valence-corrected chi connectivity index (χ0v) is 19.8. The maximum atomic E-state index is 12.5. The number of amides is 1. The fraction of sp³-hybridized carbons (Fsp3) is 0.400. The minimum atomic E-state index is -0.430. The Morgan fingerprint density at radius 1 is 1.27 bits per heavy atom. The van der Waals surface area contributed by atoms with E-state index in [1.54, 1.807) is 24.3 Å². The summed E-state index contributed by atoms with van der Waals surface area (Å²) in [5.41, 5.74) is 1.43. The van der Waals surface area contributed by atoms with Gasteiger partial charge in [0.1, 0.15) is 5.00 Å². The number of nitrogens with one attached hydrogen (secondary N) is 1. The third-order valence-electron chi connectivity index (χ3n) is 4.18. The first-order chi connectivity index (χ1) is 14.4. The van der Waals surface area contributed by atoms with E-state index in [2.05, 4.69) is 33.9 Å². The summed E-state index contributed by atoms with van der Waals surface area (Å²) < 4.78 is 6.96. The Labute approximate surface area is 187 Å². The van der Waals surface area contributed by atoms with Gasteiger partial charge in [-0.1, -0.05) is 25.1 Å². The smallest absolute Gasteiger partial charge is 0.341 e. The minimum absolute atomic E-state index is 0.163. The summed E-state index contributed by atoms with van der Waals surface area (Å²) >= 11 is 4.39. The van der Waals surface area contributed by atoms with E-state index in [1.165, 1.54) is 28.0 Å². The van der Waals surface area contributed by atoms with Gasteiger partial charge in [-0.3, -0.25) is 4.79 Å². The summed E-state index contributed by atoms with van der Waals surface area (Å²) in [6.07, 6.45) is 2.16. The van der Waals surface area contributed by atoms with E-state index in [0.717, 1.165) is 29.1 Å². The molecule has 0 spiro atoms. The molecule has 0 radical (unpaired) electrons. The number of hydrogen-bond acceptors (Lipinski definition) is 8. The monoisotopic (exact) mass is 464 g/mol. The predicted octanol–water partition coefficient (Wildman–Crippen LogP) is 4.77. The average Bonchev–Trinajstić information content (AvgIpc) is 3.40. The molecule has 3 rings (SSSR count). The first-order valence-electron chi connectivity index (χ1n) is 9.60. The highest BCUT2D eigenvalue weighted by molar-refractivity contribution is 7.99. The van der Waals surface area contributed by atoms with Crippen LogP contribution in [0.25, 0.3) is 11.4 Å². The number of carbonyl (C=O) groups excluding carboxylic acids is 2. The van der Waals surface area contributed by atoms with Gasteiger partial charge in [-0.05, 0) is 32.4 Å². The molecule has 0 unspecified atom stereocenters. The second-order valence-corrected chi connectivity index (χ2v) is 9.77. The van der Waals surface area contributed by atoms with Gasteiger partial charge in [0.15, 0.2) is 11.0 Å². The standard InChI is InChI=1S/C20H24N4O3S3/c1-5-7-14-9-13(10-28-14)17-22-23-20(24(17)4)29-11-16(25)21-18-15(8-12(3)30-18)19(26)27-6-2/h8-10H,5-7,11H2,1-4H3,(H,21,25). The number of aromatic nitrogens is 3. The lowest BCUT2D eigenvalue weighted by molar-refractivity contribution is -0.113. The van der Waals surface area contributed by atoms with Crippen molar-refractivity contribution in [3.63, 3.8) is 0 Å². The molecule has 0 saturated carbocycles. The van der Waals surface area contributed by atoms with E-state index < -0.39 is 5.97 Å². The number of aryl methyl sites for hydroxylation is 2. The van der Waals surface area contributed by atoms with Crippen molar-refractivity contribution < 1.29 is 14.3 Å². The molecule has 30 heavy (non-hydrogen) atoms. The number of esters is 1. The Morgan fingerprint density at radius 2 is 2.07 bits per heavy atom. The van der Waals surface area contributed by atoms with Gasteiger partial charge in [-0.25, -0.2) is 4.79 Å². The van der Waals surface area contributed by atoms with Crippen LogP contribution in [0.3, 0.4) is 0 Å². The molecule has 0 saturated heterocycles. The molecule has 0 aliphatic heterocycles. The normalized spacial score (nSPS) is 10.9. The second kappa shape index (κ2) is 10.2. The minimum Gasteiger partial charge on any atom is -0.462 e. The van der Waals surface area contributed by atoms with E-state index in [4.69, 9.17) is 4.74 Å². The number of carbonyl (C=O) groups is 2. The lowest BCUT2D eigenvalue weighted by Gasteiger charge is -2.06. The fourth-order valence-corrected chi connectivity index (χ4v) is 5.42. The molecular formula is C20H24N4O3S3. The number of rotatable bonds is 9. The van der Waals surface area contributed by atoms with Crippen molar-refractivity contribution >= 4 is 51.3 Å². The van der Waals surface area contributed by atoms with Crippen molar-refractivity contribution in [1.82, 2.24) is 14.8 Å². The van der Waals surface area contributed by atoms with Crippen LogP contribution in [0.4, 0.5) is 5.00 Å². The summed E-state index contributed by atoms with van der Waals surface area (Å²) in [5, 5.41) is 14.6. The van der Waals surface area contributed by atoms with Crippen LogP contribution in [-0.4, -0.2) is 39.0 Å². The van der Waals surface area contributed by atoms with Crippen LogP contribution in [0.5, 0.6) is 0 Å². The Balaban J connectivity index is 1.63. The van der Waals surface area contributed by atoms with E-state index in [0.29, 0.717) is 15.7 Å². The van der Waals surface area contributed by atoms with Crippen molar-refractivity contribution in [1.29, 1.82) is 0 Å². The Bertz CT molecular complexity index is 1040. The Kier molecular flexibility index (Phi) is 7.68. The highest BCUT2D eigenvalue weighted by Crippen LogP contribution is 2.30. The highest BCUT2D eigenvalue weighted by atomic mass is 32.2. The summed E-state index contributed by atoms with van der Waals surface area (Å²) in [6, 6.07) is 3.88. The summed E-state index contributed by atoms with van der Waals surface area (Å²) in [4.78, 5) is 26.8.